The van der Waals surface area contributed by atoms with Gasteiger partial charge >= 0.3 is 12.1 Å². The molecule has 1 aliphatic rings. The van der Waals surface area contributed by atoms with Gasteiger partial charge in [-0.05, 0) is 34.4 Å². The first kappa shape index (κ1) is 22.8. The van der Waals surface area contributed by atoms with Crippen LogP contribution in [-0.4, -0.2) is 42.8 Å². The lowest BCUT2D eigenvalue weighted by Gasteiger charge is -2.17. The highest BCUT2D eigenvalue weighted by Gasteiger charge is 2.30. The van der Waals surface area contributed by atoms with Gasteiger partial charge in [-0.25, -0.2) is 9.59 Å². The molecule has 0 saturated heterocycles. The van der Waals surface area contributed by atoms with Gasteiger partial charge in [0.1, 0.15) is 18.4 Å². The smallest absolute Gasteiger partial charge is 0.407 e. The Kier molecular flexibility index (Phi) is 6.77. The predicted octanol–water partition coefficient (Wildman–Crippen LogP) is 4.02. The molecule has 8 heteroatoms. The number of amides is 2. The minimum Gasteiger partial charge on any atom is -0.495 e. The Labute approximate surface area is 196 Å². The van der Waals surface area contributed by atoms with Gasteiger partial charge in [-0.2, -0.15) is 0 Å². The van der Waals surface area contributed by atoms with Crippen LogP contribution < -0.4 is 15.4 Å². The summed E-state index contributed by atoms with van der Waals surface area (Å²) in [7, 11) is 1.46. The molecule has 0 aliphatic heterocycles. The topological polar surface area (TPSA) is 114 Å². The van der Waals surface area contributed by atoms with Crippen molar-refractivity contribution in [1.29, 1.82) is 0 Å². The zero-order valence-electron chi connectivity index (χ0n) is 18.5. The van der Waals surface area contributed by atoms with E-state index >= 15 is 0 Å². The van der Waals surface area contributed by atoms with E-state index in [2.05, 4.69) is 10.6 Å². The molecule has 34 heavy (non-hydrogen) atoms. The molecule has 8 nitrogen and oxygen atoms in total. The van der Waals surface area contributed by atoms with Crippen molar-refractivity contribution in [3.8, 4) is 16.9 Å². The summed E-state index contributed by atoms with van der Waals surface area (Å²) in [6, 6.07) is 21.1. The number of fused-ring (bicyclic) bond motifs is 3. The number of hydrogen-bond donors (Lipinski definition) is 3. The van der Waals surface area contributed by atoms with Crippen molar-refractivity contribution in [1.82, 2.24) is 5.32 Å². The number of carboxylic acid groups (broad SMARTS) is 1. The van der Waals surface area contributed by atoms with Crippen molar-refractivity contribution in [3.05, 3.63) is 83.9 Å². The van der Waals surface area contributed by atoms with Gasteiger partial charge in [-0.3, -0.25) is 4.79 Å². The summed E-state index contributed by atoms with van der Waals surface area (Å²) in [4.78, 5) is 36.5. The molecule has 3 aromatic rings. The number of hydrogen-bond acceptors (Lipinski definition) is 5. The van der Waals surface area contributed by atoms with Crippen LogP contribution in [0.3, 0.4) is 0 Å². The molecule has 4 rings (SSSR count). The molecule has 1 aliphatic carbocycles. The zero-order valence-corrected chi connectivity index (χ0v) is 18.5. The van der Waals surface area contributed by atoms with Crippen molar-refractivity contribution in [2.45, 2.75) is 18.4 Å². The monoisotopic (exact) mass is 460 g/mol. The van der Waals surface area contributed by atoms with Crippen LogP contribution in [0.2, 0.25) is 0 Å². The fourth-order valence-electron chi connectivity index (χ4n) is 4.12. The third-order valence-electron chi connectivity index (χ3n) is 5.70. The zero-order chi connectivity index (χ0) is 24.1. The number of ether oxygens (including phenoxy) is 2. The van der Waals surface area contributed by atoms with Gasteiger partial charge < -0.3 is 25.2 Å². The highest BCUT2D eigenvalue weighted by atomic mass is 16.5. The van der Waals surface area contributed by atoms with Crippen molar-refractivity contribution in [2.75, 3.05) is 19.0 Å². The summed E-state index contributed by atoms with van der Waals surface area (Å²) < 4.78 is 10.6. The maximum absolute atomic E-state index is 12.4. The highest BCUT2D eigenvalue weighted by Crippen LogP contribution is 2.44. The molecule has 3 aromatic carbocycles. The number of alkyl carbamates (subject to hydrolysis) is 1. The van der Waals surface area contributed by atoms with Crippen molar-refractivity contribution in [3.63, 3.8) is 0 Å². The quantitative estimate of drug-likeness (QED) is 0.468. The van der Waals surface area contributed by atoms with E-state index in [0.29, 0.717) is 11.4 Å². The maximum Gasteiger partial charge on any atom is 0.407 e. The number of carboxylic acids is 1. The normalized spacial score (nSPS) is 12.7. The van der Waals surface area contributed by atoms with Crippen LogP contribution in [0, 0.1) is 0 Å². The van der Waals surface area contributed by atoms with E-state index < -0.39 is 30.4 Å². The Bertz CT molecular complexity index is 1180. The average Bonchev–Trinajstić information content (AvgIpc) is 3.16. The number of anilines is 1. The first-order valence-corrected chi connectivity index (χ1v) is 10.7. The van der Waals surface area contributed by atoms with Crippen LogP contribution in [0.25, 0.3) is 11.1 Å². The Morgan fingerprint density at radius 3 is 2.12 bits per heavy atom. The van der Waals surface area contributed by atoms with E-state index in [1.165, 1.54) is 7.11 Å². The molecular formula is C26H24N2O6. The van der Waals surface area contributed by atoms with Gasteiger partial charge in [0.2, 0.25) is 5.91 Å². The predicted molar refractivity (Wildman–Crippen MR) is 126 cm³/mol. The summed E-state index contributed by atoms with van der Waals surface area (Å²) in [6.45, 7) is 0.0413. The maximum atomic E-state index is 12.4. The highest BCUT2D eigenvalue weighted by molar-refractivity contribution is 5.96. The lowest BCUT2D eigenvalue weighted by Crippen LogP contribution is -2.43. The number of nitrogens with one attached hydrogen (secondary N) is 2. The van der Waals surface area contributed by atoms with Crippen LogP contribution in [0.1, 0.15) is 23.5 Å². The second kappa shape index (κ2) is 10.1. The first-order valence-electron chi connectivity index (χ1n) is 10.7. The van der Waals surface area contributed by atoms with E-state index in [9.17, 15) is 19.5 Å². The van der Waals surface area contributed by atoms with E-state index in [1.807, 2.05) is 48.5 Å². The van der Waals surface area contributed by atoms with E-state index in [1.54, 1.807) is 24.3 Å². The van der Waals surface area contributed by atoms with Crippen LogP contribution in [-0.2, 0) is 14.3 Å². The Morgan fingerprint density at radius 2 is 1.50 bits per heavy atom. The summed E-state index contributed by atoms with van der Waals surface area (Å²) in [5.74, 6) is -1.65. The summed E-state index contributed by atoms with van der Waals surface area (Å²) in [5.41, 5.74) is 4.66. The summed E-state index contributed by atoms with van der Waals surface area (Å²) in [5, 5.41) is 14.4. The van der Waals surface area contributed by atoms with Gasteiger partial charge in [0.05, 0.1) is 19.2 Å². The van der Waals surface area contributed by atoms with Crippen LogP contribution in [0.5, 0.6) is 5.75 Å². The molecule has 0 saturated carbocycles. The van der Waals surface area contributed by atoms with Gasteiger partial charge in [-0.15, -0.1) is 0 Å². The molecule has 0 fully saturated rings. The number of para-hydroxylation sites is 2. The number of rotatable bonds is 8. The third-order valence-corrected chi connectivity index (χ3v) is 5.70. The van der Waals surface area contributed by atoms with Gasteiger partial charge in [-0.1, -0.05) is 60.7 Å². The van der Waals surface area contributed by atoms with E-state index in [0.717, 1.165) is 22.3 Å². The van der Waals surface area contributed by atoms with Crippen molar-refractivity contribution >= 4 is 23.7 Å². The number of aliphatic carboxylic acids is 1. The molecular weight excluding hydrogens is 436 g/mol. The second-order valence-electron chi connectivity index (χ2n) is 7.81. The van der Waals surface area contributed by atoms with Gasteiger partial charge in [0, 0.05) is 5.92 Å². The van der Waals surface area contributed by atoms with Gasteiger partial charge in [0.25, 0.3) is 0 Å². The largest absolute Gasteiger partial charge is 0.495 e. The van der Waals surface area contributed by atoms with Crippen molar-refractivity contribution in [2.24, 2.45) is 0 Å². The van der Waals surface area contributed by atoms with Gasteiger partial charge in [0.15, 0.2) is 0 Å². The average molecular weight is 460 g/mol. The number of methoxy groups -OCH3 is 1. The first-order chi connectivity index (χ1) is 16.5. The Hall–Kier alpha value is -4.33. The fourth-order valence-corrected chi connectivity index (χ4v) is 4.12. The lowest BCUT2D eigenvalue weighted by atomic mass is 9.98. The Balaban J connectivity index is 1.37. The van der Waals surface area contributed by atoms with Crippen LogP contribution in [0.4, 0.5) is 10.5 Å². The van der Waals surface area contributed by atoms with Crippen LogP contribution in [0.15, 0.2) is 72.8 Å². The molecule has 1 atom stereocenters. The molecule has 174 valence electrons. The standard InChI is InChI=1S/C26H24N2O6/c1-33-23-13-7-6-12-21(23)27-24(29)14-22(25(30)31)28-26(32)34-15-20-18-10-4-2-8-16(18)17-9-3-5-11-19(17)20/h2-13,20,22H,14-15H2,1H3,(H,27,29)(H,28,32)(H,30,31)/t22-/m0/s1. The minimum atomic E-state index is -1.45. The molecule has 0 bridgehead atoms. The summed E-state index contributed by atoms with van der Waals surface area (Å²) >= 11 is 0. The fraction of sp³-hybridized carbons (Fsp3) is 0.192. The molecule has 2 amide bonds. The molecule has 0 spiro atoms. The number of carbonyl (C=O) groups is 3. The van der Waals surface area contributed by atoms with E-state index in [4.69, 9.17) is 9.47 Å². The Morgan fingerprint density at radius 1 is 0.912 bits per heavy atom. The third kappa shape index (κ3) is 4.85. The van der Waals surface area contributed by atoms with Crippen molar-refractivity contribution < 1.29 is 29.0 Å². The molecule has 0 aromatic heterocycles. The lowest BCUT2D eigenvalue weighted by molar-refractivity contribution is -0.140. The molecule has 0 heterocycles. The molecule has 0 unspecified atom stereocenters. The number of carbonyl (C=O) groups excluding carboxylic acids is 2. The SMILES string of the molecule is COc1ccccc1NC(=O)C[C@H](NC(=O)OCC1c2ccccc2-c2ccccc21)C(=O)O. The van der Waals surface area contributed by atoms with E-state index in [-0.39, 0.29) is 12.5 Å². The second-order valence-corrected chi connectivity index (χ2v) is 7.81. The molecule has 0 radical (unpaired) electrons. The molecule has 3 N–H and O–H groups in total. The summed E-state index contributed by atoms with van der Waals surface area (Å²) in [6.07, 6.45) is -1.38. The van der Waals surface area contributed by atoms with Crippen LogP contribution >= 0.6 is 0 Å². The minimum absolute atomic E-state index is 0.0413. The number of benzene rings is 3.